The highest BCUT2D eigenvalue weighted by molar-refractivity contribution is 5.76. The van der Waals surface area contributed by atoms with Gasteiger partial charge in [-0.1, -0.05) is 13.8 Å². The Hall–Kier alpha value is -1.46. The number of amides is 1. The molecule has 1 atom stereocenters. The van der Waals surface area contributed by atoms with E-state index in [1.807, 2.05) is 4.90 Å². The summed E-state index contributed by atoms with van der Waals surface area (Å²) in [4.78, 5) is 14.0. The van der Waals surface area contributed by atoms with E-state index in [1.165, 1.54) is 11.0 Å². The van der Waals surface area contributed by atoms with Gasteiger partial charge < -0.3 is 4.90 Å². The van der Waals surface area contributed by atoms with E-state index >= 15 is 0 Å². The molecular weight excluding hydrogens is 206 g/mol. The van der Waals surface area contributed by atoms with Gasteiger partial charge in [0.1, 0.15) is 12.9 Å². The number of likely N-dealkylation sites (tertiary alicyclic amines) is 1. The Morgan fingerprint density at radius 1 is 1.56 bits per heavy atom. The van der Waals surface area contributed by atoms with Crippen LogP contribution >= 0.6 is 0 Å². The Kier molecular flexibility index (Phi) is 3.17. The first-order valence-corrected chi connectivity index (χ1v) is 5.68. The van der Waals surface area contributed by atoms with Crippen LogP contribution in [-0.4, -0.2) is 43.6 Å². The fourth-order valence-electron chi connectivity index (χ4n) is 2.28. The van der Waals surface area contributed by atoms with Crippen molar-refractivity contribution in [3.05, 3.63) is 6.33 Å². The lowest BCUT2D eigenvalue weighted by Gasteiger charge is -2.27. The zero-order valence-corrected chi connectivity index (χ0v) is 9.70. The summed E-state index contributed by atoms with van der Waals surface area (Å²) in [5.41, 5.74) is 0. The van der Waals surface area contributed by atoms with Crippen molar-refractivity contribution in [2.75, 3.05) is 6.54 Å². The number of nitrogens with zero attached hydrogens (tertiary/aromatic N) is 5. The quantitative estimate of drug-likeness (QED) is 0.740. The molecular formula is C10H17N5O. The summed E-state index contributed by atoms with van der Waals surface area (Å²) in [6.07, 6.45) is 3.68. The molecule has 1 aromatic heterocycles. The molecule has 1 aliphatic heterocycles. The maximum Gasteiger partial charge on any atom is 0.244 e. The van der Waals surface area contributed by atoms with Crippen LogP contribution < -0.4 is 0 Å². The van der Waals surface area contributed by atoms with Crippen LogP contribution in [0.1, 0.15) is 26.7 Å². The van der Waals surface area contributed by atoms with Crippen molar-refractivity contribution >= 4 is 5.91 Å². The van der Waals surface area contributed by atoms with Crippen LogP contribution in [0.4, 0.5) is 0 Å². The van der Waals surface area contributed by atoms with Crippen molar-refractivity contribution in [2.24, 2.45) is 5.92 Å². The molecule has 6 nitrogen and oxygen atoms in total. The third kappa shape index (κ3) is 2.20. The van der Waals surface area contributed by atoms with Gasteiger partial charge in [0, 0.05) is 12.6 Å². The van der Waals surface area contributed by atoms with Gasteiger partial charge in [0.15, 0.2) is 0 Å². The van der Waals surface area contributed by atoms with Crippen molar-refractivity contribution in [3.63, 3.8) is 0 Å². The zero-order valence-electron chi connectivity index (χ0n) is 9.70. The summed E-state index contributed by atoms with van der Waals surface area (Å²) in [7, 11) is 0. The Balaban J connectivity index is 1.99. The third-order valence-electron chi connectivity index (χ3n) is 3.08. The minimum atomic E-state index is 0.114. The number of carbonyl (C=O) groups is 1. The normalized spacial score (nSPS) is 20.7. The molecule has 1 unspecified atom stereocenters. The van der Waals surface area contributed by atoms with Crippen molar-refractivity contribution in [1.82, 2.24) is 25.1 Å². The van der Waals surface area contributed by atoms with Gasteiger partial charge in [-0.05, 0) is 29.2 Å². The van der Waals surface area contributed by atoms with E-state index in [0.29, 0.717) is 12.0 Å². The molecule has 88 valence electrons. The number of hydrogen-bond acceptors (Lipinski definition) is 4. The Morgan fingerprint density at radius 3 is 3.00 bits per heavy atom. The zero-order chi connectivity index (χ0) is 11.5. The predicted octanol–water partition coefficient (Wildman–Crippen LogP) is 0.320. The predicted molar refractivity (Wildman–Crippen MR) is 57.4 cm³/mol. The van der Waals surface area contributed by atoms with Gasteiger partial charge in [0.05, 0.1) is 0 Å². The summed E-state index contributed by atoms with van der Waals surface area (Å²) in [5.74, 6) is 0.629. The molecule has 0 N–H and O–H groups in total. The summed E-state index contributed by atoms with van der Waals surface area (Å²) in [6.45, 7) is 5.43. The second-order valence-electron chi connectivity index (χ2n) is 4.55. The van der Waals surface area contributed by atoms with Crippen molar-refractivity contribution in [2.45, 2.75) is 39.3 Å². The third-order valence-corrected chi connectivity index (χ3v) is 3.08. The van der Waals surface area contributed by atoms with Crippen molar-refractivity contribution in [1.29, 1.82) is 0 Å². The maximum absolute atomic E-state index is 12.0. The smallest absolute Gasteiger partial charge is 0.244 e. The lowest BCUT2D eigenvalue weighted by atomic mass is 10.0. The Labute approximate surface area is 94.6 Å². The van der Waals surface area contributed by atoms with E-state index in [0.717, 1.165) is 19.4 Å². The SMILES string of the molecule is CC(C)C1CCCN1C(=O)Cn1cnnn1. The fourth-order valence-corrected chi connectivity index (χ4v) is 2.28. The minimum Gasteiger partial charge on any atom is -0.338 e. The highest BCUT2D eigenvalue weighted by Gasteiger charge is 2.30. The molecule has 0 aromatic carbocycles. The monoisotopic (exact) mass is 223 g/mol. The van der Waals surface area contributed by atoms with Gasteiger partial charge >= 0.3 is 0 Å². The molecule has 2 rings (SSSR count). The highest BCUT2D eigenvalue weighted by atomic mass is 16.2. The molecule has 0 spiro atoms. The minimum absolute atomic E-state index is 0.114. The Bertz CT molecular complexity index is 348. The van der Waals surface area contributed by atoms with E-state index < -0.39 is 0 Å². The standard InChI is InChI=1S/C10H17N5O/c1-8(2)9-4-3-5-15(9)10(16)6-14-7-11-12-13-14/h7-9H,3-6H2,1-2H3. The maximum atomic E-state index is 12.0. The Morgan fingerprint density at radius 2 is 2.38 bits per heavy atom. The van der Waals surface area contributed by atoms with Gasteiger partial charge in [-0.2, -0.15) is 0 Å². The number of tetrazole rings is 1. The van der Waals surface area contributed by atoms with E-state index in [4.69, 9.17) is 0 Å². The molecule has 0 saturated carbocycles. The van der Waals surface area contributed by atoms with Gasteiger partial charge in [0.25, 0.3) is 0 Å². The number of rotatable bonds is 3. The van der Waals surface area contributed by atoms with Crippen LogP contribution in [0, 0.1) is 5.92 Å². The van der Waals surface area contributed by atoms with E-state index in [2.05, 4.69) is 29.4 Å². The second-order valence-corrected chi connectivity index (χ2v) is 4.55. The topological polar surface area (TPSA) is 63.9 Å². The molecule has 0 bridgehead atoms. The van der Waals surface area contributed by atoms with E-state index in [-0.39, 0.29) is 12.5 Å². The molecule has 1 aliphatic rings. The number of aromatic nitrogens is 4. The van der Waals surface area contributed by atoms with Crippen molar-refractivity contribution < 1.29 is 4.79 Å². The van der Waals surface area contributed by atoms with Crippen LogP contribution in [0.3, 0.4) is 0 Å². The molecule has 0 radical (unpaired) electrons. The van der Waals surface area contributed by atoms with Crippen LogP contribution in [-0.2, 0) is 11.3 Å². The van der Waals surface area contributed by atoms with Gasteiger partial charge in [-0.3, -0.25) is 4.79 Å². The first kappa shape index (κ1) is 11.0. The summed E-state index contributed by atoms with van der Waals surface area (Å²) >= 11 is 0. The highest BCUT2D eigenvalue weighted by Crippen LogP contribution is 2.23. The molecule has 6 heteroatoms. The molecule has 1 aromatic rings. The lowest BCUT2D eigenvalue weighted by Crippen LogP contribution is -2.40. The van der Waals surface area contributed by atoms with Gasteiger partial charge in [-0.15, -0.1) is 5.10 Å². The largest absolute Gasteiger partial charge is 0.338 e. The average molecular weight is 223 g/mol. The second kappa shape index (κ2) is 4.59. The van der Waals surface area contributed by atoms with E-state index in [9.17, 15) is 4.79 Å². The molecule has 16 heavy (non-hydrogen) atoms. The molecule has 0 aliphatic carbocycles. The van der Waals surface area contributed by atoms with E-state index in [1.54, 1.807) is 0 Å². The van der Waals surface area contributed by atoms with Gasteiger partial charge in [-0.25, -0.2) is 4.68 Å². The van der Waals surface area contributed by atoms with Gasteiger partial charge in [0.2, 0.25) is 5.91 Å². The van der Waals surface area contributed by atoms with Crippen LogP contribution in [0.5, 0.6) is 0 Å². The van der Waals surface area contributed by atoms with Crippen molar-refractivity contribution in [3.8, 4) is 0 Å². The number of hydrogen-bond donors (Lipinski definition) is 0. The fraction of sp³-hybridized carbons (Fsp3) is 0.800. The van der Waals surface area contributed by atoms with Crippen LogP contribution in [0.25, 0.3) is 0 Å². The van der Waals surface area contributed by atoms with Crippen LogP contribution in [0.15, 0.2) is 6.33 Å². The summed E-state index contributed by atoms with van der Waals surface area (Å²) in [5, 5.41) is 10.7. The molecule has 1 amide bonds. The molecule has 1 fully saturated rings. The molecule has 2 heterocycles. The number of carbonyl (C=O) groups excluding carboxylic acids is 1. The summed E-state index contributed by atoms with van der Waals surface area (Å²) in [6, 6.07) is 0.379. The first-order chi connectivity index (χ1) is 7.68. The summed E-state index contributed by atoms with van der Waals surface area (Å²) < 4.78 is 1.47. The first-order valence-electron chi connectivity index (χ1n) is 5.68. The lowest BCUT2D eigenvalue weighted by molar-refractivity contribution is -0.133. The molecule has 1 saturated heterocycles. The average Bonchev–Trinajstić information content (AvgIpc) is 2.86. The van der Waals surface area contributed by atoms with Crippen LogP contribution in [0.2, 0.25) is 0 Å².